The number of nitrogen functional groups attached to an aromatic ring is 1. The van der Waals surface area contributed by atoms with Gasteiger partial charge in [0.15, 0.2) is 5.82 Å². The minimum Gasteiger partial charge on any atom is -0.473 e. The Morgan fingerprint density at radius 2 is 1.95 bits per heavy atom. The third-order valence-electron chi connectivity index (χ3n) is 2.70. The van der Waals surface area contributed by atoms with Gasteiger partial charge in [0.1, 0.15) is 12.0 Å². The summed E-state index contributed by atoms with van der Waals surface area (Å²) in [5.74, 6) is 1.88. The van der Waals surface area contributed by atoms with Crippen molar-refractivity contribution in [2.75, 3.05) is 17.6 Å². The first-order valence-electron chi connectivity index (χ1n) is 7.01. The lowest BCUT2D eigenvalue weighted by atomic mass is 10.1. The van der Waals surface area contributed by atoms with Crippen molar-refractivity contribution in [2.45, 2.75) is 53.1 Å². The molecule has 1 rings (SSSR count). The van der Waals surface area contributed by atoms with Gasteiger partial charge in [0.25, 0.3) is 0 Å². The number of aromatic nitrogens is 2. The van der Waals surface area contributed by atoms with Crippen LogP contribution in [0.25, 0.3) is 0 Å². The molecule has 0 aliphatic carbocycles. The summed E-state index contributed by atoms with van der Waals surface area (Å²) in [5.41, 5.74) is 6.47. The van der Waals surface area contributed by atoms with Gasteiger partial charge < -0.3 is 15.8 Å². The van der Waals surface area contributed by atoms with E-state index >= 15 is 0 Å². The standard InChI is InChI=1S/C14H26N4O/c1-10(2)7-5-6-8-16-13-12(15)14(18-9-17-13)19-11(3)4/h9-11H,5-8,15H2,1-4H3,(H,16,17,18). The third-order valence-corrected chi connectivity index (χ3v) is 2.70. The monoisotopic (exact) mass is 266 g/mol. The molecule has 1 aromatic heterocycles. The van der Waals surface area contributed by atoms with Crippen LogP contribution in [0.3, 0.4) is 0 Å². The van der Waals surface area contributed by atoms with Crippen LogP contribution >= 0.6 is 0 Å². The first kappa shape index (κ1) is 15.5. The van der Waals surface area contributed by atoms with Crippen molar-refractivity contribution in [3.05, 3.63) is 6.33 Å². The number of nitrogens with one attached hydrogen (secondary N) is 1. The summed E-state index contributed by atoms with van der Waals surface area (Å²) in [6.07, 6.45) is 5.11. The van der Waals surface area contributed by atoms with Crippen LogP contribution in [-0.4, -0.2) is 22.6 Å². The van der Waals surface area contributed by atoms with Crippen molar-refractivity contribution >= 4 is 11.5 Å². The fraction of sp³-hybridized carbons (Fsp3) is 0.714. The van der Waals surface area contributed by atoms with Gasteiger partial charge in [-0.05, 0) is 26.2 Å². The van der Waals surface area contributed by atoms with Gasteiger partial charge in [-0.1, -0.05) is 26.7 Å². The van der Waals surface area contributed by atoms with Crippen LogP contribution in [0.4, 0.5) is 11.5 Å². The summed E-state index contributed by atoms with van der Waals surface area (Å²) in [7, 11) is 0. The zero-order chi connectivity index (χ0) is 14.3. The van der Waals surface area contributed by atoms with E-state index in [2.05, 4.69) is 29.1 Å². The predicted octanol–water partition coefficient (Wildman–Crippen LogP) is 3.08. The molecule has 1 aromatic rings. The SMILES string of the molecule is CC(C)CCCCNc1ncnc(OC(C)C)c1N. The molecule has 5 heteroatoms. The summed E-state index contributed by atoms with van der Waals surface area (Å²) >= 11 is 0. The van der Waals surface area contributed by atoms with Crippen molar-refractivity contribution in [1.29, 1.82) is 0 Å². The van der Waals surface area contributed by atoms with E-state index in [1.807, 2.05) is 13.8 Å². The Balaban J connectivity index is 2.45. The van der Waals surface area contributed by atoms with Crippen molar-refractivity contribution in [1.82, 2.24) is 9.97 Å². The smallest absolute Gasteiger partial charge is 0.242 e. The van der Waals surface area contributed by atoms with Gasteiger partial charge in [-0.15, -0.1) is 0 Å². The van der Waals surface area contributed by atoms with E-state index in [-0.39, 0.29) is 6.10 Å². The molecule has 0 fully saturated rings. The molecule has 5 nitrogen and oxygen atoms in total. The molecular weight excluding hydrogens is 240 g/mol. The number of hydrogen-bond donors (Lipinski definition) is 2. The topological polar surface area (TPSA) is 73.1 Å². The number of unbranched alkanes of at least 4 members (excludes halogenated alkanes) is 1. The molecule has 1 heterocycles. The zero-order valence-corrected chi connectivity index (χ0v) is 12.4. The maximum Gasteiger partial charge on any atom is 0.242 e. The molecule has 3 N–H and O–H groups in total. The number of rotatable bonds is 8. The van der Waals surface area contributed by atoms with E-state index in [9.17, 15) is 0 Å². The molecule has 0 aliphatic heterocycles. The molecule has 0 unspecified atom stereocenters. The average molecular weight is 266 g/mol. The van der Waals surface area contributed by atoms with Crippen LogP contribution in [0.2, 0.25) is 0 Å². The Labute approximate surface area is 116 Å². The predicted molar refractivity (Wildman–Crippen MR) is 79.4 cm³/mol. The van der Waals surface area contributed by atoms with Crippen LogP contribution < -0.4 is 15.8 Å². The number of anilines is 2. The molecule has 0 saturated heterocycles. The Morgan fingerprint density at radius 1 is 1.21 bits per heavy atom. The fourth-order valence-electron chi connectivity index (χ4n) is 1.72. The summed E-state index contributed by atoms with van der Waals surface area (Å²) < 4.78 is 5.53. The highest BCUT2D eigenvalue weighted by Gasteiger charge is 2.10. The summed E-state index contributed by atoms with van der Waals surface area (Å²) in [5, 5.41) is 3.24. The van der Waals surface area contributed by atoms with E-state index < -0.39 is 0 Å². The minimum absolute atomic E-state index is 0.0519. The van der Waals surface area contributed by atoms with Crippen LogP contribution in [-0.2, 0) is 0 Å². The van der Waals surface area contributed by atoms with E-state index in [1.165, 1.54) is 19.2 Å². The number of nitrogens with zero attached hydrogens (tertiary/aromatic N) is 2. The first-order valence-corrected chi connectivity index (χ1v) is 7.01. The maximum absolute atomic E-state index is 5.98. The molecule has 0 spiro atoms. The molecule has 0 radical (unpaired) electrons. The second kappa shape index (κ2) is 7.81. The second-order valence-corrected chi connectivity index (χ2v) is 5.42. The highest BCUT2D eigenvalue weighted by molar-refractivity contribution is 5.66. The molecule has 0 aliphatic rings. The molecule has 0 bridgehead atoms. The molecule has 19 heavy (non-hydrogen) atoms. The van der Waals surface area contributed by atoms with Crippen LogP contribution in [0.5, 0.6) is 5.88 Å². The molecule has 108 valence electrons. The van der Waals surface area contributed by atoms with Crippen LogP contribution in [0, 0.1) is 5.92 Å². The molecule has 0 aromatic carbocycles. The summed E-state index contributed by atoms with van der Waals surface area (Å²) in [6, 6.07) is 0. The van der Waals surface area contributed by atoms with Gasteiger partial charge in [0, 0.05) is 6.54 Å². The summed E-state index contributed by atoms with van der Waals surface area (Å²) in [6.45, 7) is 9.24. The highest BCUT2D eigenvalue weighted by Crippen LogP contribution is 2.25. The number of nitrogens with two attached hydrogens (primary N) is 1. The Morgan fingerprint density at radius 3 is 2.58 bits per heavy atom. The Hall–Kier alpha value is -1.52. The lowest BCUT2D eigenvalue weighted by Gasteiger charge is -2.13. The maximum atomic E-state index is 5.98. The van der Waals surface area contributed by atoms with Gasteiger partial charge in [-0.3, -0.25) is 0 Å². The van der Waals surface area contributed by atoms with Crippen LogP contribution in [0.1, 0.15) is 47.0 Å². The van der Waals surface area contributed by atoms with Gasteiger partial charge in [-0.25, -0.2) is 4.98 Å². The van der Waals surface area contributed by atoms with E-state index in [4.69, 9.17) is 10.5 Å². The van der Waals surface area contributed by atoms with Crippen molar-refractivity contribution in [3.63, 3.8) is 0 Å². The average Bonchev–Trinajstić information content (AvgIpc) is 2.32. The Bertz CT molecular complexity index is 380. The molecule has 0 amide bonds. The lowest BCUT2D eigenvalue weighted by molar-refractivity contribution is 0.234. The number of hydrogen-bond acceptors (Lipinski definition) is 5. The second-order valence-electron chi connectivity index (χ2n) is 5.42. The fourth-order valence-corrected chi connectivity index (χ4v) is 1.72. The van der Waals surface area contributed by atoms with Crippen molar-refractivity contribution in [3.8, 4) is 5.88 Å². The molecular formula is C14H26N4O. The summed E-state index contributed by atoms with van der Waals surface area (Å²) in [4.78, 5) is 8.20. The Kier molecular flexibility index (Phi) is 6.39. The molecule has 0 saturated carbocycles. The quantitative estimate of drug-likeness (QED) is 0.707. The number of ether oxygens (including phenoxy) is 1. The zero-order valence-electron chi connectivity index (χ0n) is 12.4. The van der Waals surface area contributed by atoms with E-state index in [1.54, 1.807) is 0 Å². The van der Waals surface area contributed by atoms with Crippen molar-refractivity contribution < 1.29 is 4.74 Å². The van der Waals surface area contributed by atoms with E-state index in [0.717, 1.165) is 18.9 Å². The lowest BCUT2D eigenvalue weighted by Crippen LogP contribution is -2.12. The van der Waals surface area contributed by atoms with Gasteiger partial charge in [-0.2, -0.15) is 4.98 Å². The largest absolute Gasteiger partial charge is 0.473 e. The third kappa shape index (κ3) is 5.77. The van der Waals surface area contributed by atoms with Crippen LogP contribution in [0.15, 0.2) is 6.33 Å². The highest BCUT2D eigenvalue weighted by atomic mass is 16.5. The van der Waals surface area contributed by atoms with Crippen molar-refractivity contribution in [2.24, 2.45) is 5.92 Å². The van der Waals surface area contributed by atoms with Gasteiger partial charge in [0.05, 0.1) is 6.10 Å². The molecule has 0 atom stereocenters. The van der Waals surface area contributed by atoms with Gasteiger partial charge in [0.2, 0.25) is 5.88 Å². The van der Waals surface area contributed by atoms with Gasteiger partial charge >= 0.3 is 0 Å². The first-order chi connectivity index (χ1) is 9.00. The van der Waals surface area contributed by atoms with E-state index in [0.29, 0.717) is 17.4 Å². The normalized spacial score (nSPS) is 11.1. The minimum atomic E-state index is 0.0519.